The van der Waals surface area contributed by atoms with Crippen LogP contribution in [-0.2, 0) is 23.2 Å². The summed E-state index contributed by atoms with van der Waals surface area (Å²) in [5.41, 5.74) is 2.37. The average molecular weight is 622 g/mol. The standard InChI is InChI=1S/C33H38F3N7O2/c1-32(2,22-37)30-8-6-27(21-40-30)38-11-3-4-28-19-25-18-24(5-7-29(25)43(28)23-33(34,35)36)20-39-26-9-12-41(13-10-26)31(44)42-14-16-45-17-15-42/h5-8,18-19,21,26,38-39H,9-17,20,23H2,1-2H3. The molecule has 45 heavy (non-hydrogen) atoms. The predicted octanol–water partition coefficient (Wildman–Crippen LogP) is 4.87. The number of fused-ring (bicyclic) bond motifs is 1. The summed E-state index contributed by atoms with van der Waals surface area (Å²) in [4.78, 5) is 20.8. The number of nitrogens with zero attached hydrogens (tertiary/aromatic N) is 5. The van der Waals surface area contributed by atoms with E-state index >= 15 is 0 Å². The van der Waals surface area contributed by atoms with Crippen LogP contribution in [0.4, 0.5) is 23.7 Å². The number of carbonyl (C=O) groups excluding carboxylic acids is 1. The summed E-state index contributed by atoms with van der Waals surface area (Å²) >= 11 is 0. The number of anilines is 1. The van der Waals surface area contributed by atoms with E-state index in [-0.39, 0.29) is 24.3 Å². The lowest BCUT2D eigenvalue weighted by Crippen LogP contribution is -2.52. The van der Waals surface area contributed by atoms with Gasteiger partial charge in [-0.1, -0.05) is 12.0 Å². The van der Waals surface area contributed by atoms with Crippen molar-refractivity contribution in [3.8, 4) is 17.9 Å². The fourth-order valence-corrected chi connectivity index (χ4v) is 5.58. The Morgan fingerprint density at radius 3 is 2.47 bits per heavy atom. The molecule has 3 aromatic rings. The number of nitrogens with one attached hydrogen (secondary N) is 2. The molecule has 0 aliphatic carbocycles. The molecule has 2 N–H and O–H groups in total. The molecule has 238 valence electrons. The smallest absolute Gasteiger partial charge is 0.378 e. The molecule has 0 unspecified atom stereocenters. The van der Waals surface area contributed by atoms with E-state index in [4.69, 9.17) is 4.74 Å². The Hall–Kier alpha value is -4.26. The monoisotopic (exact) mass is 621 g/mol. The van der Waals surface area contributed by atoms with Crippen molar-refractivity contribution in [2.75, 3.05) is 51.3 Å². The van der Waals surface area contributed by atoms with Gasteiger partial charge < -0.3 is 29.7 Å². The van der Waals surface area contributed by atoms with Crippen molar-refractivity contribution in [2.24, 2.45) is 0 Å². The summed E-state index contributed by atoms with van der Waals surface area (Å²) in [6.07, 6.45) is -1.11. The van der Waals surface area contributed by atoms with Crippen LogP contribution in [0.15, 0.2) is 42.6 Å². The molecule has 2 aliphatic rings. The van der Waals surface area contributed by atoms with Gasteiger partial charge in [-0.3, -0.25) is 4.98 Å². The normalized spacial score (nSPS) is 16.3. The number of hydrogen-bond donors (Lipinski definition) is 2. The molecule has 0 radical (unpaired) electrons. The van der Waals surface area contributed by atoms with Crippen molar-refractivity contribution in [3.05, 3.63) is 59.5 Å². The zero-order valence-corrected chi connectivity index (χ0v) is 25.6. The maximum Gasteiger partial charge on any atom is 0.406 e. The van der Waals surface area contributed by atoms with Crippen LogP contribution in [0.2, 0.25) is 0 Å². The number of aromatic nitrogens is 2. The quantitative estimate of drug-likeness (QED) is 0.366. The zero-order valence-electron chi connectivity index (χ0n) is 25.6. The number of benzene rings is 1. The van der Waals surface area contributed by atoms with Crippen molar-refractivity contribution in [2.45, 2.75) is 57.4 Å². The highest BCUT2D eigenvalue weighted by Gasteiger charge is 2.30. The average Bonchev–Trinajstić information content (AvgIpc) is 3.37. The molecule has 0 bridgehead atoms. The molecular formula is C33H38F3N7O2. The van der Waals surface area contributed by atoms with E-state index in [0.717, 1.165) is 18.4 Å². The molecule has 2 aliphatic heterocycles. The van der Waals surface area contributed by atoms with Gasteiger partial charge in [-0.2, -0.15) is 18.4 Å². The number of carbonyl (C=O) groups is 1. The van der Waals surface area contributed by atoms with Crippen molar-refractivity contribution < 1.29 is 22.7 Å². The first-order chi connectivity index (χ1) is 21.5. The van der Waals surface area contributed by atoms with Crippen LogP contribution in [0, 0.1) is 23.2 Å². The number of hydrogen-bond acceptors (Lipinski definition) is 6. The van der Waals surface area contributed by atoms with Gasteiger partial charge in [0.15, 0.2) is 0 Å². The third-order valence-electron chi connectivity index (χ3n) is 8.23. The molecule has 2 fully saturated rings. The molecule has 0 spiro atoms. The number of piperidine rings is 1. The molecule has 2 aromatic heterocycles. The third kappa shape index (κ3) is 8.27. The Morgan fingerprint density at radius 2 is 1.80 bits per heavy atom. The summed E-state index contributed by atoms with van der Waals surface area (Å²) in [6.45, 7) is 7.02. The van der Waals surface area contributed by atoms with Crippen molar-refractivity contribution in [3.63, 3.8) is 0 Å². The predicted molar refractivity (Wildman–Crippen MR) is 165 cm³/mol. The Bertz CT molecular complexity index is 1580. The number of nitriles is 1. The van der Waals surface area contributed by atoms with Crippen LogP contribution in [0.1, 0.15) is 43.6 Å². The first-order valence-electron chi connectivity index (χ1n) is 15.2. The number of alkyl halides is 3. The first-order valence-corrected chi connectivity index (χ1v) is 15.2. The van der Waals surface area contributed by atoms with Gasteiger partial charge in [0.25, 0.3) is 0 Å². The number of likely N-dealkylation sites (tertiary alicyclic amines) is 1. The van der Waals surface area contributed by atoms with Crippen LogP contribution in [0.3, 0.4) is 0 Å². The molecule has 4 heterocycles. The molecule has 2 amide bonds. The third-order valence-corrected chi connectivity index (χ3v) is 8.23. The first kappa shape index (κ1) is 32.1. The van der Waals surface area contributed by atoms with E-state index in [1.165, 1.54) is 4.57 Å². The lowest BCUT2D eigenvalue weighted by molar-refractivity contribution is -0.140. The van der Waals surface area contributed by atoms with Gasteiger partial charge in [-0.25, -0.2) is 4.79 Å². The number of halogens is 3. The fourth-order valence-electron chi connectivity index (χ4n) is 5.58. The van der Waals surface area contributed by atoms with Crippen LogP contribution < -0.4 is 10.6 Å². The molecule has 0 atom stereocenters. The van der Waals surface area contributed by atoms with Crippen LogP contribution in [0.5, 0.6) is 0 Å². The largest absolute Gasteiger partial charge is 0.406 e. The number of rotatable bonds is 7. The summed E-state index contributed by atoms with van der Waals surface area (Å²) in [7, 11) is 0. The zero-order chi connectivity index (χ0) is 32.0. The van der Waals surface area contributed by atoms with Gasteiger partial charge in [-0.05, 0) is 68.5 Å². The van der Waals surface area contributed by atoms with E-state index in [2.05, 4.69) is 33.5 Å². The Kier molecular flexibility index (Phi) is 9.86. The highest BCUT2D eigenvalue weighted by molar-refractivity contribution is 5.83. The van der Waals surface area contributed by atoms with Crippen LogP contribution in [-0.4, -0.2) is 83.5 Å². The highest BCUT2D eigenvalue weighted by atomic mass is 19.4. The van der Waals surface area contributed by atoms with Crippen molar-refractivity contribution in [1.82, 2.24) is 24.7 Å². The van der Waals surface area contributed by atoms with E-state index in [1.807, 2.05) is 21.9 Å². The van der Waals surface area contributed by atoms with Gasteiger partial charge in [0.2, 0.25) is 0 Å². The van der Waals surface area contributed by atoms with E-state index in [9.17, 15) is 23.2 Å². The lowest BCUT2D eigenvalue weighted by Gasteiger charge is -2.37. The molecule has 0 saturated carbocycles. The van der Waals surface area contributed by atoms with Gasteiger partial charge in [0, 0.05) is 49.7 Å². The molecule has 5 rings (SSSR count). The number of ether oxygens (including phenoxy) is 1. The minimum Gasteiger partial charge on any atom is -0.378 e. The Morgan fingerprint density at radius 1 is 1.07 bits per heavy atom. The Labute approximate surface area is 261 Å². The van der Waals surface area contributed by atoms with Crippen molar-refractivity contribution >= 4 is 22.6 Å². The number of pyridine rings is 1. The van der Waals surface area contributed by atoms with E-state index < -0.39 is 18.1 Å². The highest BCUT2D eigenvalue weighted by Crippen LogP contribution is 2.27. The van der Waals surface area contributed by atoms with Crippen molar-refractivity contribution in [1.29, 1.82) is 5.26 Å². The number of urea groups is 1. The van der Waals surface area contributed by atoms with Gasteiger partial charge in [-0.15, -0.1) is 0 Å². The minimum atomic E-state index is -4.40. The molecular weight excluding hydrogens is 583 g/mol. The van der Waals surface area contributed by atoms with Crippen LogP contribution in [0.25, 0.3) is 10.9 Å². The van der Waals surface area contributed by atoms with Gasteiger partial charge in [0.05, 0.1) is 54.5 Å². The molecule has 1 aromatic carbocycles. The number of amides is 2. The van der Waals surface area contributed by atoms with Gasteiger partial charge in [0.1, 0.15) is 6.54 Å². The second kappa shape index (κ2) is 13.8. The molecule has 12 heteroatoms. The lowest BCUT2D eigenvalue weighted by atomic mass is 9.91. The second-order valence-corrected chi connectivity index (χ2v) is 12.0. The summed E-state index contributed by atoms with van der Waals surface area (Å²) in [6, 6.07) is 13.3. The van der Waals surface area contributed by atoms with E-state index in [1.54, 1.807) is 44.3 Å². The maximum absolute atomic E-state index is 13.5. The fraction of sp³-hybridized carbons (Fsp3) is 0.485. The second-order valence-electron chi connectivity index (χ2n) is 12.0. The molecule has 9 nitrogen and oxygen atoms in total. The van der Waals surface area contributed by atoms with Gasteiger partial charge >= 0.3 is 12.2 Å². The molecule has 2 saturated heterocycles. The Balaban J connectivity index is 1.20. The van der Waals surface area contributed by atoms with E-state index in [0.29, 0.717) is 68.2 Å². The SMILES string of the molecule is CC(C)(C#N)c1ccc(NCC#Cc2cc3cc(CNC4CCN(C(=O)N5CCOCC5)CC4)ccc3n2CC(F)(F)F)cn1. The maximum atomic E-state index is 13.5. The summed E-state index contributed by atoms with van der Waals surface area (Å²) < 4.78 is 47.1. The topological polar surface area (TPSA) is 98.5 Å². The summed E-state index contributed by atoms with van der Waals surface area (Å²) in [5, 5.41) is 16.6. The number of morpholine rings is 1. The van der Waals surface area contributed by atoms with Crippen LogP contribution >= 0.6 is 0 Å². The minimum absolute atomic E-state index is 0.0760. The summed E-state index contributed by atoms with van der Waals surface area (Å²) in [5.74, 6) is 5.84.